The molecule has 0 bridgehead atoms. The first-order chi connectivity index (χ1) is 9.37. The second-order valence-electron chi connectivity index (χ2n) is 4.45. The van der Waals surface area contributed by atoms with Gasteiger partial charge in [-0.1, -0.05) is 11.6 Å². The summed E-state index contributed by atoms with van der Waals surface area (Å²) in [6, 6.07) is 2.98. The molecule has 0 unspecified atom stereocenters. The van der Waals surface area contributed by atoms with Crippen molar-refractivity contribution in [2.75, 3.05) is 5.32 Å². The molecule has 0 saturated heterocycles. The number of aliphatic hydroxyl groups is 1. The van der Waals surface area contributed by atoms with Gasteiger partial charge >= 0.3 is 0 Å². The number of pyridine rings is 1. The molecular formula is C12H12ClFN4O2. The molecule has 20 heavy (non-hydrogen) atoms. The van der Waals surface area contributed by atoms with Gasteiger partial charge in [-0.3, -0.25) is 9.48 Å². The summed E-state index contributed by atoms with van der Waals surface area (Å²) in [6.07, 6.45) is 3.51. The Hall–Kier alpha value is -1.99. The van der Waals surface area contributed by atoms with Crippen LogP contribution >= 0.6 is 11.6 Å². The fraction of sp³-hybridized carbons (Fsp3) is 0.250. The molecule has 0 radical (unpaired) electrons. The summed E-state index contributed by atoms with van der Waals surface area (Å²) in [5.74, 6) is -1.20. The highest BCUT2D eigenvalue weighted by atomic mass is 35.5. The van der Waals surface area contributed by atoms with Gasteiger partial charge in [0.15, 0.2) is 11.4 Å². The summed E-state index contributed by atoms with van der Waals surface area (Å²) in [7, 11) is 0. The minimum absolute atomic E-state index is 0.179. The predicted octanol–water partition coefficient (Wildman–Crippen LogP) is 1.46. The van der Waals surface area contributed by atoms with Gasteiger partial charge < -0.3 is 10.4 Å². The largest absolute Gasteiger partial charge is 0.378 e. The molecule has 2 aromatic heterocycles. The van der Waals surface area contributed by atoms with Crippen molar-refractivity contribution < 1.29 is 14.3 Å². The maximum Gasteiger partial charge on any atom is 0.257 e. The molecule has 2 heterocycles. The minimum Gasteiger partial charge on any atom is -0.378 e. The van der Waals surface area contributed by atoms with Crippen LogP contribution in [-0.2, 0) is 11.3 Å². The van der Waals surface area contributed by atoms with Crippen LogP contribution in [0.4, 0.5) is 10.1 Å². The molecule has 1 amide bonds. The van der Waals surface area contributed by atoms with Crippen LogP contribution in [0, 0.1) is 5.82 Å². The van der Waals surface area contributed by atoms with E-state index in [1.165, 1.54) is 25.3 Å². The van der Waals surface area contributed by atoms with Gasteiger partial charge in [0.05, 0.1) is 18.9 Å². The number of nitrogens with one attached hydrogen (secondary N) is 1. The number of anilines is 1. The summed E-state index contributed by atoms with van der Waals surface area (Å²) in [5, 5.41) is 16.5. The average Bonchev–Trinajstić information content (AvgIpc) is 2.74. The van der Waals surface area contributed by atoms with E-state index in [4.69, 9.17) is 11.6 Å². The van der Waals surface area contributed by atoms with Gasteiger partial charge in [-0.25, -0.2) is 9.37 Å². The molecular weight excluding hydrogens is 287 g/mol. The maximum atomic E-state index is 12.8. The molecule has 1 atom stereocenters. The Bertz CT molecular complexity index is 629. The van der Waals surface area contributed by atoms with E-state index in [9.17, 15) is 14.3 Å². The fourth-order valence-electron chi connectivity index (χ4n) is 1.56. The van der Waals surface area contributed by atoms with Crippen molar-refractivity contribution >= 4 is 23.2 Å². The van der Waals surface area contributed by atoms with Crippen LogP contribution in [0.25, 0.3) is 0 Å². The van der Waals surface area contributed by atoms with E-state index < -0.39 is 17.3 Å². The fourth-order valence-corrected chi connectivity index (χ4v) is 1.73. The Labute approximate surface area is 119 Å². The molecule has 6 nitrogen and oxygen atoms in total. The zero-order valence-electron chi connectivity index (χ0n) is 10.5. The lowest BCUT2D eigenvalue weighted by atomic mass is 10.1. The maximum absolute atomic E-state index is 12.8. The summed E-state index contributed by atoms with van der Waals surface area (Å²) in [4.78, 5) is 15.8. The highest BCUT2D eigenvalue weighted by Gasteiger charge is 2.31. The van der Waals surface area contributed by atoms with Crippen LogP contribution in [0.3, 0.4) is 0 Å². The quantitative estimate of drug-likeness (QED) is 0.838. The first-order valence-electron chi connectivity index (χ1n) is 5.70. The third-order valence-electron chi connectivity index (χ3n) is 2.55. The molecule has 106 valence electrons. The minimum atomic E-state index is -1.76. The molecule has 0 spiro atoms. The number of hydrogen-bond acceptors (Lipinski definition) is 4. The number of aromatic nitrogens is 3. The Kier molecular flexibility index (Phi) is 4.01. The summed E-state index contributed by atoms with van der Waals surface area (Å²) in [6.45, 7) is 1.13. The summed E-state index contributed by atoms with van der Waals surface area (Å²) in [5.41, 5.74) is -1.35. The van der Waals surface area contributed by atoms with Crippen molar-refractivity contribution in [3.05, 3.63) is 41.7 Å². The lowest BCUT2D eigenvalue weighted by molar-refractivity contribution is -0.133. The number of rotatable bonds is 4. The first-order valence-corrected chi connectivity index (χ1v) is 6.08. The van der Waals surface area contributed by atoms with Crippen LogP contribution in [0.2, 0.25) is 5.15 Å². The van der Waals surface area contributed by atoms with Gasteiger partial charge in [-0.15, -0.1) is 0 Å². The third-order valence-corrected chi connectivity index (χ3v) is 2.75. The standard InChI is InChI=1S/C12H12ClFN4O2/c1-12(20,7-18-6-8(14)5-16-18)11(19)17-9-2-3-15-10(13)4-9/h2-6,20H,7H2,1H3,(H,15,17,19)/t12-/m0/s1. The second kappa shape index (κ2) is 5.56. The number of carbonyl (C=O) groups excluding carboxylic acids is 1. The molecule has 0 aliphatic rings. The van der Waals surface area contributed by atoms with Crippen molar-refractivity contribution in [1.29, 1.82) is 0 Å². The molecule has 0 saturated carbocycles. The highest BCUT2D eigenvalue weighted by Crippen LogP contribution is 2.15. The lowest BCUT2D eigenvalue weighted by Gasteiger charge is -2.22. The second-order valence-corrected chi connectivity index (χ2v) is 4.84. The van der Waals surface area contributed by atoms with Crippen molar-refractivity contribution in [2.45, 2.75) is 19.1 Å². The average molecular weight is 299 g/mol. The molecule has 2 N–H and O–H groups in total. The topological polar surface area (TPSA) is 80.0 Å². The van der Waals surface area contributed by atoms with Gasteiger partial charge in [0, 0.05) is 11.9 Å². The Morgan fingerprint density at radius 2 is 2.40 bits per heavy atom. The predicted molar refractivity (Wildman–Crippen MR) is 70.7 cm³/mol. The third kappa shape index (κ3) is 3.52. The van der Waals surface area contributed by atoms with Crippen molar-refractivity contribution in [3.63, 3.8) is 0 Å². The normalized spacial score (nSPS) is 13.8. The SMILES string of the molecule is C[C@](O)(Cn1cc(F)cn1)C(=O)Nc1ccnc(Cl)c1. The molecule has 0 aliphatic carbocycles. The highest BCUT2D eigenvalue weighted by molar-refractivity contribution is 6.29. The number of nitrogens with zero attached hydrogens (tertiary/aromatic N) is 3. The molecule has 0 aliphatic heterocycles. The summed E-state index contributed by atoms with van der Waals surface area (Å²) >= 11 is 5.69. The number of halogens is 2. The lowest BCUT2D eigenvalue weighted by Crippen LogP contribution is -2.43. The molecule has 0 fully saturated rings. The van der Waals surface area contributed by atoms with Gasteiger partial charge in [-0.05, 0) is 19.1 Å². The molecule has 2 rings (SSSR count). The van der Waals surface area contributed by atoms with Gasteiger partial charge in [0.1, 0.15) is 5.15 Å². The Morgan fingerprint density at radius 3 is 3.00 bits per heavy atom. The van der Waals surface area contributed by atoms with Crippen LogP contribution in [0.1, 0.15) is 6.92 Å². The van der Waals surface area contributed by atoms with Crippen LogP contribution in [0.5, 0.6) is 0 Å². The number of hydrogen-bond donors (Lipinski definition) is 2. The smallest absolute Gasteiger partial charge is 0.257 e. The van der Waals surface area contributed by atoms with E-state index in [1.807, 2.05) is 0 Å². The van der Waals surface area contributed by atoms with Crippen molar-refractivity contribution in [3.8, 4) is 0 Å². The van der Waals surface area contributed by atoms with Crippen molar-refractivity contribution in [1.82, 2.24) is 14.8 Å². The number of amides is 1. The zero-order valence-corrected chi connectivity index (χ0v) is 11.3. The first kappa shape index (κ1) is 14.4. The monoisotopic (exact) mass is 298 g/mol. The van der Waals surface area contributed by atoms with E-state index in [-0.39, 0.29) is 11.7 Å². The van der Waals surface area contributed by atoms with E-state index in [0.717, 1.165) is 17.1 Å². The van der Waals surface area contributed by atoms with E-state index in [2.05, 4.69) is 15.4 Å². The van der Waals surface area contributed by atoms with Crippen LogP contribution in [0.15, 0.2) is 30.7 Å². The zero-order chi connectivity index (χ0) is 14.8. The van der Waals surface area contributed by atoms with Gasteiger partial charge in [0.25, 0.3) is 5.91 Å². The van der Waals surface area contributed by atoms with E-state index in [0.29, 0.717) is 5.69 Å². The number of carbonyl (C=O) groups is 1. The summed E-state index contributed by atoms with van der Waals surface area (Å²) < 4.78 is 14.0. The molecule has 8 heteroatoms. The van der Waals surface area contributed by atoms with Gasteiger partial charge in [0.2, 0.25) is 0 Å². The van der Waals surface area contributed by atoms with E-state index >= 15 is 0 Å². The van der Waals surface area contributed by atoms with Crippen molar-refractivity contribution in [2.24, 2.45) is 0 Å². The Balaban J connectivity index is 2.07. The molecule has 2 aromatic rings. The van der Waals surface area contributed by atoms with Crippen LogP contribution < -0.4 is 5.32 Å². The van der Waals surface area contributed by atoms with E-state index in [1.54, 1.807) is 0 Å². The molecule has 0 aromatic carbocycles. The van der Waals surface area contributed by atoms with Gasteiger partial charge in [-0.2, -0.15) is 5.10 Å². The Morgan fingerprint density at radius 1 is 1.65 bits per heavy atom. The van der Waals surface area contributed by atoms with Crippen LogP contribution in [-0.4, -0.2) is 31.4 Å².